The normalized spacial score (nSPS) is 17.1. The predicted octanol–water partition coefficient (Wildman–Crippen LogP) is 3.97. The zero-order valence-corrected chi connectivity index (χ0v) is 22.5. The first kappa shape index (κ1) is 25.2. The van der Waals surface area contributed by atoms with Gasteiger partial charge in [0.2, 0.25) is 0 Å². The lowest BCUT2D eigenvalue weighted by Gasteiger charge is -2.30. The van der Waals surface area contributed by atoms with Crippen molar-refractivity contribution in [3.8, 4) is 11.1 Å². The lowest BCUT2D eigenvalue weighted by molar-refractivity contribution is 0.0963. The van der Waals surface area contributed by atoms with E-state index in [1.165, 1.54) is 11.3 Å². The lowest BCUT2D eigenvalue weighted by Crippen LogP contribution is -2.41. The molecule has 10 heteroatoms. The van der Waals surface area contributed by atoms with Crippen molar-refractivity contribution in [2.24, 2.45) is 0 Å². The number of carbonyl (C=O) groups excluding carboxylic acids is 2. The van der Waals surface area contributed by atoms with E-state index in [2.05, 4.69) is 49.2 Å². The summed E-state index contributed by atoms with van der Waals surface area (Å²) in [4.78, 5) is 37.2. The standard InChI is InChI=1S/C29H34N8O2/c1-3-5-18-15-24-29(39)37(14-13-36(24)23(18)6-4-2)28-22(17-38)20(8-12-32-28)21-9-11-31-26-25(21)27(35-34-26)33-19-7-10-30-16-19/h8-9,11-12,15,17,19,30H,3-7,10,13-14,16H2,1-2H3,(H2,31,33,34,35). The summed E-state index contributed by atoms with van der Waals surface area (Å²) in [5.74, 6) is 0.973. The van der Waals surface area contributed by atoms with Gasteiger partial charge in [0.15, 0.2) is 17.8 Å². The molecular weight excluding hydrogens is 492 g/mol. The van der Waals surface area contributed by atoms with Crippen LogP contribution in [0.1, 0.15) is 65.2 Å². The smallest absolute Gasteiger partial charge is 0.276 e. The molecule has 0 bridgehead atoms. The molecular formula is C29H34N8O2. The zero-order chi connectivity index (χ0) is 26.9. The highest BCUT2D eigenvalue weighted by atomic mass is 16.2. The third-order valence-electron chi connectivity index (χ3n) is 7.81. The van der Waals surface area contributed by atoms with Crippen LogP contribution in [-0.4, -0.2) is 62.6 Å². The SMILES string of the molecule is CCCc1cc2n(c1CCC)CCN(c1nccc(-c3ccnc4[nH]nc(NC5CCNC5)c34)c1C=O)C2=O. The van der Waals surface area contributed by atoms with E-state index in [1.54, 1.807) is 17.3 Å². The Morgan fingerprint density at radius 3 is 2.69 bits per heavy atom. The number of fused-ring (bicyclic) bond motifs is 2. The molecule has 1 atom stereocenters. The fraction of sp³-hybridized carbons (Fsp3) is 0.414. The second kappa shape index (κ2) is 10.6. The predicted molar refractivity (Wildman–Crippen MR) is 152 cm³/mol. The summed E-state index contributed by atoms with van der Waals surface area (Å²) in [7, 11) is 0. The van der Waals surface area contributed by atoms with Gasteiger partial charge in [-0.15, -0.1) is 0 Å². The van der Waals surface area contributed by atoms with Crippen LogP contribution in [0.5, 0.6) is 0 Å². The van der Waals surface area contributed by atoms with Gasteiger partial charge in [0, 0.05) is 43.8 Å². The van der Waals surface area contributed by atoms with Gasteiger partial charge in [-0.2, -0.15) is 5.10 Å². The second-order valence-electron chi connectivity index (χ2n) is 10.3. The summed E-state index contributed by atoms with van der Waals surface area (Å²) in [6, 6.07) is 6.02. The van der Waals surface area contributed by atoms with E-state index < -0.39 is 0 Å². The van der Waals surface area contributed by atoms with Crippen LogP contribution >= 0.6 is 0 Å². The molecule has 4 aromatic rings. The Kier molecular flexibility index (Phi) is 6.86. The number of hydrogen-bond donors (Lipinski definition) is 3. The van der Waals surface area contributed by atoms with Gasteiger partial charge in [0.05, 0.1) is 10.9 Å². The van der Waals surface area contributed by atoms with E-state index in [-0.39, 0.29) is 11.9 Å². The van der Waals surface area contributed by atoms with Crippen molar-refractivity contribution in [1.82, 2.24) is 30.0 Å². The van der Waals surface area contributed by atoms with Gasteiger partial charge >= 0.3 is 0 Å². The maximum atomic E-state index is 13.8. The van der Waals surface area contributed by atoms with Crippen LogP contribution in [0.15, 0.2) is 30.6 Å². The number of anilines is 2. The molecule has 2 aliphatic rings. The van der Waals surface area contributed by atoms with Crippen molar-refractivity contribution in [1.29, 1.82) is 0 Å². The zero-order valence-electron chi connectivity index (χ0n) is 22.5. The average Bonchev–Trinajstić information content (AvgIpc) is 3.70. The topological polar surface area (TPSA) is 121 Å². The van der Waals surface area contributed by atoms with Crippen LogP contribution < -0.4 is 15.5 Å². The van der Waals surface area contributed by atoms with Gasteiger partial charge in [-0.3, -0.25) is 19.6 Å². The number of H-pyrrole nitrogens is 1. The molecule has 10 nitrogen and oxygen atoms in total. The van der Waals surface area contributed by atoms with Gasteiger partial charge < -0.3 is 15.2 Å². The van der Waals surface area contributed by atoms with Crippen molar-refractivity contribution in [3.63, 3.8) is 0 Å². The molecule has 202 valence electrons. The fourth-order valence-electron chi connectivity index (χ4n) is 6.02. The summed E-state index contributed by atoms with van der Waals surface area (Å²) < 4.78 is 2.17. The quantitative estimate of drug-likeness (QED) is 0.282. The van der Waals surface area contributed by atoms with Crippen molar-refractivity contribution in [2.75, 3.05) is 29.9 Å². The van der Waals surface area contributed by atoms with E-state index in [4.69, 9.17) is 0 Å². The minimum atomic E-state index is -0.118. The van der Waals surface area contributed by atoms with Crippen LogP contribution in [0.3, 0.4) is 0 Å². The number of carbonyl (C=O) groups is 2. The molecule has 3 N–H and O–H groups in total. The molecule has 39 heavy (non-hydrogen) atoms. The van der Waals surface area contributed by atoms with E-state index in [9.17, 15) is 9.59 Å². The van der Waals surface area contributed by atoms with Crippen LogP contribution in [0.25, 0.3) is 22.2 Å². The van der Waals surface area contributed by atoms with Crippen molar-refractivity contribution < 1.29 is 9.59 Å². The van der Waals surface area contributed by atoms with Crippen molar-refractivity contribution >= 4 is 34.9 Å². The first-order chi connectivity index (χ1) is 19.1. The Morgan fingerprint density at radius 1 is 1.10 bits per heavy atom. The number of aryl methyl sites for hydroxylation is 1. The Hall–Kier alpha value is -4.05. The molecule has 0 spiro atoms. The third kappa shape index (κ3) is 4.38. The fourth-order valence-corrected chi connectivity index (χ4v) is 6.02. The molecule has 2 aliphatic heterocycles. The molecule has 0 aliphatic carbocycles. The van der Waals surface area contributed by atoms with Crippen LogP contribution in [0, 0.1) is 0 Å². The van der Waals surface area contributed by atoms with Gasteiger partial charge in [-0.05, 0) is 60.7 Å². The number of nitrogens with zero attached hydrogens (tertiary/aromatic N) is 5. The molecule has 0 radical (unpaired) electrons. The molecule has 4 aromatic heterocycles. The van der Waals surface area contributed by atoms with E-state index >= 15 is 0 Å². The number of hydrogen-bond acceptors (Lipinski definition) is 7. The molecule has 6 heterocycles. The highest BCUT2D eigenvalue weighted by Crippen LogP contribution is 2.37. The number of aromatic amines is 1. The van der Waals surface area contributed by atoms with Crippen LogP contribution in [-0.2, 0) is 19.4 Å². The monoisotopic (exact) mass is 526 g/mol. The Balaban J connectivity index is 1.41. The maximum absolute atomic E-state index is 13.8. The number of aldehydes is 1. The summed E-state index contributed by atoms with van der Waals surface area (Å²) in [6.45, 7) is 7.28. The molecule has 1 saturated heterocycles. The molecule has 1 unspecified atom stereocenters. The first-order valence-electron chi connectivity index (χ1n) is 13.9. The number of pyridine rings is 2. The Bertz CT molecular complexity index is 1530. The van der Waals surface area contributed by atoms with Gasteiger partial charge in [0.25, 0.3) is 5.91 Å². The minimum Gasteiger partial charge on any atom is -0.364 e. The molecule has 1 fully saturated rings. The molecule has 0 aromatic carbocycles. The number of nitrogens with one attached hydrogen (secondary N) is 3. The van der Waals surface area contributed by atoms with Gasteiger partial charge in [-0.25, -0.2) is 9.97 Å². The van der Waals surface area contributed by atoms with Crippen LogP contribution in [0.2, 0.25) is 0 Å². The van der Waals surface area contributed by atoms with E-state index in [0.29, 0.717) is 47.2 Å². The van der Waals surface area contributed by atoms with Crippen molar-refractivity contribution in [3.05, 3.63) is 53.1 Å². The molecule has 6 rings (SSSR count). The first-order valence-corrected chi connectivity index (χ1v) is 13.9. The van der Waals surface area contributed by atoms with Gasteiger partial charge in [0.1, 0.15) is 11.5 Å². The van der Waals surface area contributed by atoms with Crippen molar-refractivity contribution in [2.45, 2.75) is 58.5 Å². The largest absolute Gasteiger partial charge is 0.364 e. The highest BCUT2D eigenvalue weighted by molar-refractivity contribution is 6.10. The van der Waals surface area contributed by atoms with Crippen LogP contribution in [0.4, 0.5) is 11.6 Å². The van der Waals surface area contributed by atoms with E-state index in [1.807, 2.05) is 18.2 Å². The highest BCUT2D eigenvalue weighted by Gasteiger charge is 2.32. The lowest BCUT2D eigenvalue weighted by atomic mass is 9.99. The van der Waals surface area contributed by atoms with E-state index in [0.717, 1.165) is 62.4 Å². The average molecular weight is 527 g/mol. The number of amides is 1. The summed E-state index contributed by atoms with van der Waals surface area (Å²) in [5, 5.41) is 15.2. The second-order valence-corrected chi connectivity index (χ2v) is 10.3. The molecule has 1 amide bonds. The van der Waals surface area contributed by atoms with Gasteiger partial charge in [-0.1, -0.05) is 26.7 Å². The Morgan fingerprint density at radius 2 is 1.92 bits per heavy atom. The Labute approximate surface area is 227 Å². The summed E-state index contributed by atoms with van der Waals surface area (Å²) in [5.41, 5.74) is 5.72. The minimum absolute atomic E-state index is 0.118. The summed E-state index contributed by atoms with van der Waals surface area (Å²) in [6.07, 6.45) is 9.14. The maximum Gasteiger partial charge on any atom is 0.276 e. The third-order valence-corrected chi connectivity index (χ3v) is 7.81. The number of aromatic nitrogens is 5. The molecule has 0 saturated carbocycles. The number of rotatable bonds is 9. The summed E-state index contributed by atoms with van der Waals surface area (Å²) >= 11 is 0.